The molecule has 0 amide bonds. The fraction of sp³-hybridized carbons (Fsp3) is 0.105. The van der Waals surface area contributed by atoms with Crippen LogP contribution in [0, 0.1) is 0 Å². The summed E-state index contributed by atoms with van der Waals surface area (Å²) < 4.78 is 5.15. The van der Waals surface area contributed by atoms with Gasteiger partial charge >= 0.3 is 5.97 Å². The van der Waals surface area contributed by atoms with E-state index in [-0.39, 0.29) is 23.5 Å². The summed E-state index contributed by atoms with van der Waals surface area (Å²) in [5, 5.41) is 0. The second-order valence-corrected chi connectivity index (χ2v) is 5.59. The molecule has 0 fully saturated rings. The molecule has 1 aliphatic heterocycles. The standard InChI is InChI=1S/C19H12O4/c20-15-10-14(11-6-2-1-3-7-11)16-17(21)12-8-4-5-9-13(12)18(22)19(16)23-15/h1-9,14H,10H2. The number of benzene rings is 2. The lowest BCUT2D eigenvalue weighted by molar-refractivity contribution is -0.140. The maximum absolute atomic E-state index is 12.9. The normalized spacial score (nSPS) is 20.0. The highest BCUT2D eigenvalue weighted by molar-refractivity contribution is 6.27. The van der Waals surface area contributed by atoms with Crippen molar-refractivity contribution in [1.29, 1.82) is 0 Å². The van der Waals surface area contributed by atoms with E-state index in [0.717, 1.165) is 5.56 Å². The van der Waals surface area contributed by atoms with Gasteiger partial charge in [0.1, 0.15) is 0 Å². The minimum absolute atomic E-state index is 0.0596. The van der Waals surface area contributed by atoms with E-state index in [1.807, 2.05) is 30.3 Å². The van der Waals surface area contributed by atoms with Crippen LogP contribution in [-0.4, -0.2) is 17.5 Å². The van der Waals surface area contributed by atoms with E-state index in [9.17, 15) is 14.4 Å². The first kappa shape index (κ1) is 13.6. The van der Waals surface area contributed by atoms with Gasteiger partial charge in [0.25, 0.3) is 0 Å². The van der Waals surface area contributed by atoms with E-state index >= 15 is 0 Å². The molecule has 2 aromatic rings. The lowest BCUT2D eigenvalue weighted by Crippen LogP contribution is -2.32. The molecule has 2 aromatic carbocycles. The van der Waals surface area contributed by atoms with Crippen LogP contribution in [0.15, 0.2) is 65.9 Å². The van der Waals surface area contributed by atoms with Gasteiger partial charge in [0, 0.05) is 17.0 Å². The smallest absolute Gasteiger partial charge is 0.312 e. The molecule has 0 saturated heterocycles. The molecule has 0 spiro atoms. The highest BCUT2D eigenvalue weighted by Crippen LogP contribution is 2.40. The summed E-state index contributed by atoms with van der Waals surface area (Å²) in [4.78, 5) is 37.5. The zero-order valence-corrected chi connectivity index (χ0v) is 12.1. The maximum atomic E-state index is 12.9. The number of carbonyl (C=O) groups excluding carboxylic acids is 3. The van der Waals surface area contributed by atoms with Gasteiger partial charge in [-0.05, 0) is 5.56 Å². The van der Waals surface area contributed by atoms with Crippen molar-refractivity contribution in [3.05, 3.63) is 82.6 Å². The van der Waals surface area contributed by atoms with Gasteiger partial charge < -0.3 is 4.74 Å². The van der Waals surface area contributed by atoms with E-state index in [2.05, 4.69) is 0 Å². The summed E-state index contributed by atoms with van der Waals surface area (Å²) in [5.74, 6) is -1.69. The van der Waals surface area contributed by atoms with E-state index in [0.29, 0.717) is 11.1 Å². The molecule has 0 saturated carbocycles. The highest BCUT2D eigenvalue weighted by atomic mass is 16.5. The van der Waals surface area contributed by atoms with E-state index in [4.69, 9.17) is 4.74 Å². The Kier molecular flexibility index (Phi) is 2.98. The molecule has 0 aromatic heterocycles. The largest absolute Gasteiger partial charge is 0.422 e. The van der Waals surface area contributed by atoms with Crippen LogP contribution >= 0.6 is 0 Å². The van der Waals surface area contributed by atoms with Gasteiger partial charge in [-0.3, -0.25) is 14.4 Å². The summed E-state index contributed by atoms with van der Waals surface area (Å²) in [6, 6.07) is 15.9. The summed E-state index contributed by atoms with van der Waals surface area (Å²) >= 11 is 0. The molecule has 1 unspecified atom stereocenters. The summed E-state index contributed by atoms with van der Waals surface area (Å²) in [6.07, 6.45) is 0.0596. The molecule has 112 valence electrons. The van der Waals surface area contributed by atoms with Crippen LogP contribution in [0.5, 0.6) is 0 Å². The van der Waals surface area contributed by atoms with Crippen LogP contribution in [-0.2, 0) is 9.53 Å². The van der Waals surface area contributed by atoms with Crippen LogP contribution in [0.2, 0.25) is 0 Å². The van der Waals surface area contributed by atoms with Crippen LogP contribution in [0.1, 0.15) is 38.6 Å². The molecular weight excluding hydrogens is 292 g/mol. The Hall–Kier alpha value is -3.01. The fourth-order valence-corrected chi connectivity index (χ4v) is 3.18. The van der Waals surface area contributed by atoms with Crippen molar-refractivity contribution in [3.63, 3.8) is 0 Å². The van der Waals surface area contributed by atoms with Gasteiger partial charge in [0.05, 0.1) is 12.0 Å². The fourth-order valence-electron chi connectivity index (χ4n) is 3.18. The number of ketones is 2. The van der Waals surface area contributed by atoms with Gasteiger partial charge in [-0.15, -0.1) is 0 Å². The number of fused-ring (bicyclic) bond motifs is 1. The van der Waals surface area contributed by atoms with Gasteiger partial charge in [-0.1, -0.05) is 54.6 Å². The number of hydrogen-bond acceptors (Lipinski definition) is 4. The van der Waals surface area contributed by atoms with E-state index < -0.39 is 17.7 Å². The van der Waals surface area contributed by atoms with Gasteiger partial charge in [0.15, 0.2) is 11.5 Å². The lowest BCUT2D eigenvalue weighted by Gasteiger charge is -2.29. The number of esters is 1. The van der Waals surface area contributed by atoms with Crippen molar-refractivity contribution < 1.29 is 19.1 Å². The summed E-state index contributed by atoms with van der Waals surface area (Å²) in [6.45, 7) is 0. The molecule has 4 nitrogen and oxygen atoms in total. The Morgan fingerprint density at radius 1 is 0.783 bits per heavy atom. The third-order valence-electron chi connectivity index (χ3n) is 4.25. The average molecular weight is 304 g/mol. The second-order valence-electron chi connectivity index (χ2n) is 5.59. The predicted molar refractivity (Wildman–Crippen MR) is 82.0 cm³/mol. The highest BCUT2D eigenvalue weighted by Gasteiger charge is 2.42. The topological polar surface area (TPSA) is 60.4 Å². The Bertz CT molecular complexity index is 877. The van der Waals surface area contributed by atoms with Gasteiger partial charge in [0.2, 0.25) is 5.78 Å². The molecule has 23 heavy (non-hydrogen) atoms. The first-order valence-electron chi connectivity index (χ1n) is 7.35. The first-order chi connectivity index (χ1) is 11.2. The Morgan fingerprint density at radius 3 is 2.09 bits per heavy atom. The minimum Gasteiger partial charge on any atom is -0.422 e. The Labute approximate surface area is 132 Å². The van der Waals surface area contributed by atoms with Gasteiger partial charge in [-0.2, -0.15) is 0 Å². The Morgan fingerprint density at radius 2 is 1.39 bits per heavy atom. The number of hydrogen-bond donors (Lipinski definition) is 0. The van der Waals surface area contributed by atoms with Crippen LogP contribution in [0.4, 0.5) is 0 Å². The van der Waals surface area contributed by atoms with E-state index in [1.54, 1.807) is 24.3 Å². The van der Waals surface area contributed by atoms with Crippen LogP contribution in [0.3, 0.4) is 0 Å². The van der Waals surface area contributed by atoms with Crippen molar-refractivity contribution in [2.75, 3.05) is 0 Å². The van der Waals surface area contributed by atoms with Crippen molar-refractivity contribution in [3.8, 4) is 0 Å². The van der Waals surface area contributed by atoms with Crippen molar-refractivity contribution in [2.45, 2.75) is 12.3 Å². The number of ether oxygens (including phenoxy) is 1. The quantitative estimate of drug-likeness (QED) is 0.760. The van der Waals surface area contributed by atoms with Crippen molar-refractivity contribution in [2.24, 2.45) is 0 Å². The number of Topliss-reactive ketones (excluding diaryl/α,β-unsaturated/α-hetero) is 2. The predicted octanol–water partition coefficient (Wildman–Crippen LogP) is 3.05. The number of allylic oxidation sites excluding steroid dienone is 2. The maximum Gasteiger partial charge on any atom is 0.312 e. The lowest BCUT2D eigenvalue weighted by atomic mass is 9.77. The molecule has 0 N–H and O–H groups in total. The van der Waals surface area contributed by atoms with Crippen LogP contribution < -0.4 is 0 Å². The van der Waals surface area contributed by atoms with Crippen LogP contribution in [0.25, 0.3) is 0 Å². The third-order valence-corrected chi connectivity index (χ3v) is 4.25. The van der Waals surface area contributed by atoms with E-state index in [1.165, 1.54) is 0 Å². The average Bonchev–Trinajstić information content (AvgIpc) is 2.59. The molecule has 4 rings (SSSR count). The molecule has 1 heterocycles. The molecule has 4 heteroatoms. The SMILES string of the molecule is O=C1CC(c2ccccc2)C2=C(O1)C(=O)c1ccccc1C2=O. The zero-order chi connectivity index (χ0) is 16.0. The summed E-state index contributed by atoms with van der Waals surface area (Å²) in [7, 11) is 0. The summed E-state index contributed by atoms with van der Waals surface area (Å²) in [5.41, 5.74) is 1.78. The molecule has 0 radical (unpaired) electrons. The zero-order valence-electron chi connectivity index (χ0n) is 12.1. The molecule has 1 atom stereocenters. The van der Waals surface area contributed by atoms with Crippen molar-refractivity contribution in [1.82, 2.24) is 0 Å². The first-order valence-corrected chi connectivity index (χ1v) is 7.35. The molecule has 1 aliphatic carbocycles. The minimum atomic E-state index is -0.488. The molecule has 2 aliphatic rings. The molecular formula is C19H12O4. The van der Waals surface area contributed by atoms with Gasteiger partial charge in [-0.25, -0.2) is 0 Å². The molecule has 0 bridgehead atoms. The second kappa shape index (κ2) is 5.02. The monoisotopic (exact) mass is 304 g/mol. The third kappa shape index (κ3) is 2.03. The van der Waals surface area contributed by atoms with Crippen molar-refractivity contribution >= 4 is 17.5 Å². The number of carbonyl (C=O) groups is 3. The Balaban J connectivity index is 1.93. The number of rotatable bonds is 1.